The minimum atomic E-state index is 0.0474. The van der Waals surface area contributed by atoms with Gasteiger partial charge in [-0.1, -0.05) is 19.9 Å². The van der Waals surface area contributed by atoms with Gasteiger partial charge in [0.25, 0.3) is 0 Å². The molecule has 0 unspecified atom stereocenters. The molecule has 0 atom stereocenters. The minimum absolute atomic E-state index is 0.0474. The van der Waals surface area contributed by atoms with Crippen LogP contribution in [0.4, 0.5) is 5.69 Å². The maximum Gasteiger partial charge on any atom is 0.224 e. The summed E-state index contributed by atoms with van der Waals surface area (Å²) in [5, 5.41) is 3.00. The number of anilines is 1. The molecule has 3 aromatic rings. The summed E-state index contributed by atoms with van der Waals surface area (Å²) >= 11 is 0. The second-order valence-electron chi connectivity index (χ2n) is 7.91. The normalized spacial score (nSPS) is 11.3. The van der Waals surface area contributed by atoms with E-state index < -0.39 is 0 Å². The first-order valence-electron chi connectivity index (χ1n) is 10.1. The van der Waals surface area contributed by atoms with Gasteiger partial charge in [0.2, 0.25) is 5.91 Å². The van der Waals surface area contributed by atoms with Crippen LogP contribution in [0, 0.1) is 19.8 Å². The van der Waals surface area contributed by atoms with Gasteiger partial charge in [-0.05, 0) is 68.0 Å². The number of carbonyl (C=O) groups is 1. The molecule has 0 saturated heterocycles. The lowest BCUT2D eigenvalue weighted by molar-refractivity contribution is -0.116. The molecule has 0 aliphatic heterocycles. The lowest BCUT2D eigenvalue weighted by Gasteiger charge is -2.11. The molecule has 1 amide bonds. The molecular weight excluding hydrogens is 348 g/mol. The van der Waals surface area contributed by atoms with E-state index in [0.29, 0.717) is 12.3 Å². The van der Waals surface area contributed by atoms with Gasteiger partial charge in [-0.25, -0.2) is 9.97 Å². The summed E-state index contributed by atoms with van der Waals surface area (Å²) in [4.78, 5) is 21.6. The van der Waals surface area contributed by atoms with Crippen LogP contribution in [0.25, 0.3) is 11.2 Å². The average molecular weight is 379 g/mol. The van der Waals surface area contributed by atoms with Gasteiger partial charge >= 0.3 is 0 Å². The van der Waals surface area contributed by atoms with Crippen LogP contribution in [0.5, 0.6) is 0 Å². The highest BCUT2D eigenvalue weighted by molar-refractivity contribution is 5.90. The summed E-state index contributed by atoms with van der Waals surface area (Å²) in [6, 6.07) is 9.93. The second-order valence-corrected chi connectivity index (χ2v) is 7.91. The molecule has 0 bridgehead atoms. The molecule has 0 aliphatic rings. The van der Waals surface area contributed by atoms with Crippen molar-refractivity contribution in [2.24, 2.45) is 5.92 Å². The molecule has 28 heavy (non-hydrogen) atoms. The number of hydrogen-bond donors (Lipinski definition) is 1. The zero-order valence-electron chi connectivity index (χ0n) is 17.3. The molecule has 148 valence electrons. The van der Waals surface area contributed by atoms with Crippen molar-refractivity contribution >= 4 is 22.8 Å². The maximum atomic E-state index is 12.3. The number of amides is 1. The highest BCUT2D eigenvalue weighted by atomic mass is 16.1. The fraction of sp³-hybridized carbons (Fsp3) is 0.435. The number of imidazole rings is 1. The van der Waals surface area contributed by atoms with E-state index in [-0.39, 0.29) is 5.91 Å². The van der Waals surface area contributed by atoms with Crippen LogP contribution in [0.3, 0.4) is 0 Å². The van der Waals surface area contributed by atoms with Gasteiger partial charge in [0, 0.05) is 31.3 Å². The van der Waals surface area contributed by atoms with Gasteiger partial charge in [-0.2, -0.15) is 0 Å². The van der Waals surface area contributed by atoms with Crippen LogP contribution in [0.1, 0.15) is 50.1 Å². The van der Waals surface area contributed by atoms with E-state index in [1.165, 1.54) is 11.1 Å². The number of fused-ring (bicyclic) bond motifs is 1. The third kappa shape index (κ3) is 4.97. The topological polar surface area (TPSA) is 59.8 Å². The van der Waals surface area contributed by atoms with Crippen LogP contribution in [-0.4, -0.2) is 20.4 Å². The standard InChI is InChI=1S/C23H30N4O/c1-16(2)12-14-27-21(26-20-7-6-13-24-23(20)27)8-5-9-22(28)25-19-11-10-17(3)18(4)15-19/h6-7,10-11,13,15-16H,5,8-9,12,14H2,1-4H3,(H,25,28). The van der Waals surface area contributed by atoms with Crippen molar-refractivity contribution in [1.29, 1.82) is 0 Å². The number of aromatic nitrogens is 3. The van der Waals surface area contributed by atoms with Gasteiger partial charge in [0.05, 0.1) is 0 Å². The molecule has 5 heteroatoms. The number of nitrogens with one attached hydrogen (secondary N) is 1. The summed E-state index contributed by atoms with van der Waals surface area (Å²) in [6.07, 6.45) is 4.92. The minimum Gasteiger partial charge on any atom is -0.326 e. The molecule has 0 radical (unpaired) electrons. The fourth-order valence-electron chi connectivity index (χ4n) is 3.27. The molecule has 2 aromatic heterocycles. The van der Waals surface area contributed by atoms with E-state index in [1.54, 1.807) is 0 Å². The Morgan fingerprint density at radius 3 is 2.75 bits per heavy atom. The molecular formula is C23H30N4O. The summed E-state index contributed by atoms with van der Waals surface area (Å²) in [7, 11) is 0. The van der Waals surface area contributed by atoms with E-state index in [2.05, 4.69) is 42.6 Å². The van der Waals surface area contributed by atoms with Crippen molar-refractivity contribution in [2.45, 2.75) is 59.9 Å². The van der Waals surface area contributed by atoms with Crippen molar-refractivity contribution in [2.75, 3.05) is 5.32 Å². The first kappa shape index (κ1) is 20.1. The highest BCUT2D eigenvalue weighted by Gasteiger charge is 2.13. The van der Waals surface area contributed by atoms with Crippen molar-refractivity contribution < 1.29 is 4.79 Å². The van der Waals surface area contributed by atoms with E-state index in [9.17, 15) is 4.79 Å². The summed E-state index contributed by atoms with van der Waals surface area (Å²) in [5.41, 5.74) is 5.15. The Morgan fingerprint density at radius 1 is 1.18 bits per heavy atom. The Bertz CT molecular complexity index is 958. The number of nitrogens with zero attached hydrogens (tertiary/aromatic N) is 3. The van der Waals surface area contributed by atoms with Crippen LogP contribution in [-0.2, 0) is 17.8 Å². The predicted octanol–water partition coefficient (Wildman–Crippen LogP) is 5.06. The first-order valence-corrected chi connectivity index (χ1v) is 10.1. The van der Waals surface area contributed by atoms with Crippen molar-refractivity contribution in [1.82, 2.24) is 14.5 Å². The van der Waals surface area contributed by atoms with Gasteiger partial charge in [0.1, 0.15) is 11.3 Å². The van der Waals surface area contributed by atoms with Crippen LogP contribution >= 0.6 is 0 Å². The zero-order chi connectivity index (χ0) is 20.1. The molecule has 1 aromatic carbocycles. The number of aryl methyl sites for hydroxylation is 4. The van der Waals surface area contributed by atoms with Crippen LogP contribution < -0.4 is 5.32 Å². The van der Waals surface area contributed by atoms with Crippen molar-refractivity contribution in [3.05, 3.63) is 53.5 Å². The quantitative estimate of drug-likeness (QED) is 0.596. The molecule has 0 spiro atoms. The highest BCUT2D eigenvalue weighted by Crippen LogP contribution is 2.18. The van der Waals surface area contributed by atoms with Gasteiger partial charge in [0.15, 0.2) is 5.65 Å². The lowest BCUT2D eigenvalue weighted by atomic mass is 10.1. The number of hydrogen-bond acceptors (Lipinski definition) is 3. The Labute approximate surface area is 167 Å². The molecule has 0 aliphatic carbocycles. The monoisotopic (exact) mass is 378 g/mol. The average Bonchev–Trinajstić information content (AvgIpc) is 3.00. The summed E-state index contributed by atoms with van der Waals surface area (Å²) in [5.74, 6) is 1.69. The van der Waals surface area contributed by atoms with E-state index >= 15 is 0 Å². The van der Waals surface area contributed by atoms with E-state index in [1.807, 2.05) is 36.5 Å². The third-order valence-electron chi connectivity index (χ3n) is 5.11. The molecule has 5 nitrogen and oxygen atoms in total. The predicted molar refractivity (Wildman–Crippen MR) is 114 cm³/mol. The van der Waals surface area contributed by atoms with Crippen molar-refractivity contribution in [3.8, 4) is 0 Å². The Hall–Kier alpha value is -2.69. The smallest absolute Gasteiger partial charge is 0.224 e. The summed E-state index contributed by atoms with van der Waals surface area (Å²) in [6.45, 7) is 9.49. The largest absolute Gasteiger partial charge is 0.326 e. The van der Waals surface area contributed by atoms with Gasteiger partial charge in [-0.15, -0.1) is 0 Å². The Morgan fingerprint density at radius 2 is 2.00 bits per heavy atom. The number of benzene rings is 1. The second kappa shape index (κ2) is 9.00. The van der Waals surface area contributed by atoms with Gasteiger partial charge in [-0.3, -0.25) is 4.79 Å². The molecule has 2 heterocycles. The molecule has 3 rings (SSSR count). The fourth-order valence-corrected chi connectivity index (χ4v) is 3.27. The number of carbonyl (C=O) groups excluding carboxylic acids is 1. The van der Waals surface area contributed by atoms with Crippen LogP contribution in [0.15, 0.2) is 36.5 Å². The first-order chi connectivity index (χ1) is 13.4. The van der Waals surface area contributed by atoms with E-state index in [0.717, 1.165) is 48.5 Å². The Balaban J connectivity index is 1.62. The maximum absolute atomic E-state index is 12.3. The molecule has 0 saturated carbocycles. The number of pyridine rings is 1. The number of rotatable bonds is 8. The van der Waals surface area contributed by atoms with E-state index in [4.69, 9.17) is 4.98 Å². The molecule has 0 fully saturated rings. The zero-order valence-corrected chi connectivity index (χ0v) is 17.3. The molecule has 1 N–H and O–H groups in total. The third-order valence-corrected chi connectivity index (χ3v) is 5.11. The lowest BCUT2D eigenvalue weighted by Crippen LogP contribution is -2.13. The summed E-state index contributed by atoms with van der Waals surface area (Å²) < 4.78 is 2.22. The van der Waals surface area contributed by atoms with Gasteiger partial charge < -0.3 is 9.88 Å². The Kier molecular flexibility index (Phi) is 6.45. The van der Waals surface area contributed by atoms with Crippen molar-refractivity contribution in [3.63, 3.8) is 0 Å². The van der Waals surface area contributed by atoms with Crippen LogP contribution in [0.2, 0.25) is 0 Å². The SMILES string of the molecule is Cc1ccc(NC(=O)CCCc2nc3cccnc3n2CCC(C)C)cc1C.